The van der Waals surface area contributed by atoms with Crippen molar-refractivity contribution in [1.29, 1.82) is 5.26 Å². The third-order valence-corrected chi connectivity index (χ3v) is 5.09. The molecule has 0 aliphatic rings. The first-order valence-corrected chi connectivity index (χ1v) is 10.2. The highest BCUT2D eigenvalue weighted by atomic mass is 16.2. The van der Waals surface area contributed by atoms with Gasteiger partial charge in [0.2, 0.25) is 0 Å². The Labute approximate surface area is 175 Å². The lowest BCUT2D eigenvalue weighted by Gasteiger charge is -2.27. The minimum Gasteiger partial charge on any atom is -0.383 e. The van der Waals surface area contributed by atoms with E-state index in [1.165, 1.54) is 4.57 Å². The van der Waals surface area contributed by atoms with Crippen LogP contribution < -0.4 is 21.9 Å². The van der Waals surface area contributed by atoms with E-state index in [-0.39, 0.29) is 17.4 Å². The van der Waals surface area contributed by atoms with E-state index in [0.717, 1.165) is 23.9 Å². The summed E-state index contributed by atoms with van der Waals surface area (Å²) in [5.74, 6) is 0.405. The summed E-state index contributed by atoms with van der Waals surface area (Å²) >= 11 is 0. The van der Waals surface area contributed by atoms with Crippen LogP contribution in [0.5, 0.6) is 0 Å². The molecule has 0 aromatic carbocycles. The zero-order chi connectivity index (χ0) is 21.8. The van der Waals surface area contributed by atoms with Crippen molar-refractivity contribution in [3.63, 3.8) is 0 Å². The molecule has 0 unspecified atom stereocenters. The molecule has 3 aromatic rings. The Hall–Kier alpha value is -3.47. The highest BCUT2D eigenvalue weighted by Gasteiger charge is 2.22. The van der Waals surface area contributed by atoms with Crippen LogP contribution in [0.1, 0.15) is 44.7 Å². The molecule has 0 aliphatic heterocycles. The number of nitrogen functional groups attached to an aromatic ring is 1. The van der Waals surface area contributed by atoms with Crippen LogP contribution in [0.3, 0.4) is 0 Å². The first-order valence-electron chi connectivity index (χ1n) is 10.2. The Kier molecular flexibility index (Phi) is 6.31. The largest absolute Gasteiger partial charge is 0.383 e. The Morgan fingerprint density at radius 1 is 1.30 bits per heavy atom. The SMILES string of the molecule is CCCCn1c(N)c(N(Cc2cn3ccccc3c2C#N)CC(C)C)c(=O)[nH]c1=O. The van der Waals surface area contributed by atoms with Gasteiger partial charge in [-0.3, -0.25) is 14.3 Å². The van der Waals surface area contributed by atoms with E-state index in [1.807, 2.05) is 60.7 Å². The van der Waals surface area contributed by atoms with Crippen molar-refractivity contribution in [3.8, 4) is 6.07 Å². The number of aromatic amines is 1. The lowest BCUT2D eigenvalue weighted by Crippen LogP contribution is -2.39. The van der Waals surface area contributed by atoms with Crippen molar-refractivity contribution in [2.24, 2.45) is 5.92 Å². The fraction of sp³-hybridized carbons (Fsp3) is 0.409. The molecule has 8 nitrogen and oxygen atoms in total. The normalized spacial score (nSPS) is 11.2. The molecule has 0 atom stereocenters. The standard InChI is InChI=1S/C22H28N6O2/c1-4-5-10-28-20(24)19(21(29)25-22(28)30)27(12-15(2)3)14-16-13-26-9-7-6-8-18(26)17(16)11-23/h6-9,13,15H,4-5,10,12,14,24H2,1-3H3,(H,25,29,30). The molecule has 0 bridgehead atoms. The van der Waals surface area contributed by atoms with Gasteiger partial charge in [-0.15, -0.1) is 0 Å². The Bertz CT molecular complexity index is 1200. The number of nitrogens with zero attached hydrogens (tertiary/aromatic N) is 4. The smallest absolute Gasteiger partial charge is 0.330 e. The fourth-order valence-electron chi connectivity index (χ4n) is 3.73. The zero-order valence-electron chi connectivity index (χ0n) is 17.7. The van der Waals surface area contributed by atoms with E-state index < -0.39 is 11.2 Å². The minimum atomic E-state index is -0.506. The van der Waals surface area contributed by atoms with Crippen molar-refractivity contribution >= 4 is 17.0 Å². The molecule has 0 saturated carbocycles. The number of nitrogens with one attached hydrogen (secondary N) is 1. The minimum absolute atomic E-state index is 0.167. The predicted octanol–water partition coefficient (Wildman–Crippen LogP) is 2.71. The monoisotopic (exact) mass is 408 g/mol. The predicted molar refractivity (Wildman–Crippen MR) is 119 cm³/mol. The Balaban J connectivity index is 2.12. The quantitative estimate of drug-likeness (QED) is 0.595. The van der Waals surface area contributed by atoms with E-state index in [0.29, 0.717) is 25.2 Å². The maximum absolute atomic E-state index is 12.8. The number of rotatable bonds is 8. The van der Waals surface area contributed by atoms with Crippen molar-refractivity contribution in [3.05, 3.63) is 62.6 Å². The van der Waals surface area contributed by atoms with Crippen LogP contribution in [-0.2, 0) is 13.1 Å². The van der Waals surface area contributed by atoms with Crippen molar-refractivity contribution in [2.45, 2.75) is 46.7 Å². The molecule has 158 valence electrons. The lowest BCUT2D eigenvalue weighted by atomic mass is 10.1. The number of nitrogens with two attached hydrogens (primary N) is 1. The average Bonchev–Trinajstić information content (AvgIpc) is 3.04. The van der Waals surface area contributed by atoms with E-state index in [1.54, 1.807) is 0 Å². The van der Waals surface area contributed by atoms with Gasteiger partial charge in [-0.25, -0.2) is 4.79 Å². The van der Waals surface area contributed by atoms with Gasteiger partial charge < -0.3 is 15.0 Å². The third kappa shape index (κ3) is 4.10. The van der Waals surface area contributed by atoms with Crippen LogP contribution in [0.25, 0.3) is 5.52 Å². The van der Waals surface area contributed by atoms with E-state index in [9.17, 15) is 14.9 Å². The molecule has 0 saturated heterocycles. The van der Waals surface area contributed by atoms with Gasteiger partial charge >= 0.3 is 5.69 Å². The molecule has 3 heterocycles. The molecule has 0 aliphatic carbocycles. The summed E-state index contributed by atoms with van der Waals surface area (Å²) in [4.78, 5) is 29.4. The van der Waals surface area contributed by atoms with Gasteiger partial charge in [0.15, 0.2) is 0 Å². The lowest BCUT2D eigenvalue weighted by molar-refractivity contribution is 0.586. The second-order valence-electron chi connectivity index (χ2n) is 7.91. The van der Waals surface area contributed by atoms with Gasteiger partial charge in [-0.2, -0.15) is 5.26 Å². The number of nitriles is 1. The van der Waals surface area contributed by atoms with Gasteiger partial charge in [0.25, 0.3) is 5.56 Å². The molecule has 0 fully saturated rings. The first-order chi connectivity index (χ1) is 14.4. The molecule has 3 aromatic heterocycles. The Morgan fingerprint density at radius 2 is 2.07 bits per heavy atom. The van der Waals surface area contributed by atoms with Gasteiger partial charge in [-0.1, -0.05) is 33.3 Å². The summed E-state index contributed by atoms with van der Waals surface area (Å²) in [6.07, 6.45) is 5.47. The summed E-state index contributed by atoms with van der Waals surface area (Å²) in [6, 6.07) is 7.96. The molecule has 3 N–H and O–H groups in total. The van der Waals surface area contributed by atoms with Crippen molar-refractivity contribution in [2.75, 3.05) is 17.2 Å². The molecule has 0 spiro atoms. The third-order valence-electron chi connectivity index (χ3n) is 5.09. The second kappa shape index (κ2) is 8.91. The van der Waals surface area contributed by atoms with E-state index in [4.69, 9.17) is 5.73 Å². The molecular formula is C22H28N6O2. The summed E-state index contributed by atoms with van der Waals surface area (Å²) in [5, 5.41) is 9.74. The van der Waals surface area contributed by atoms with Crippen LogP contribution in [0.4, 0.5) is 11.5 Å². The number of aromatic nitrogens is 3. The highest BCUT2D eigenvalue weighted by Crippen LogP contribution is 2.25. The molecule has 8 heteroatoms. The van der Waals surface area contributed by atoms with Crippen LogP contribution in [0.15, 0.2) is 40.2 Å². The number of unbranched alkanes of at least 4 members (excludes halogenated alkanes) is 1. The molecule has 3 rings (SSSR count). The summed E-state index contributed by atoms with van der Waals surface area (Å²) in [7, 11) is 0. The Morgan fingerprint density at radius 3 is 2.73 bits per heavy atom. The number of hydrogen-bond acceptors (Lipinski definition) is 5. The number of anilines is 2. The zero-order valence-corrected chi connectivity index (χ0v) is 17.7. The molecular weight excluding hydrogens is 380 g/mol. The van der Waals surface area contributed by atoms with Crippen LogP contribution in [0.2, 0.25) is 0 Å². The molecule has 30 heavy (non-hydrogen) atoms. The second-order valence-corrected chi connectivity index (χ2v) is 7.91. The number of fused-ring (bicyclic) bond motifs is 1. The van der Waals surface area contributed by atoms with Crippen molar-refractivity contribution < 1.29 is 0 Å². The molecule has 0 amide bonds. The fourth-order valence-corrected chi connectivity index (χ4v) is 3.73. The van der Waals surface area contributed by atoms with Crippen LogP contribution in [0, 0.1) is 17.2 Å². The van der Waals surface area contributed by atoms with E-state index in [2.05, 4.69) is 11.1 Å². The number of pyridine rings is 1. The van der Waals surface area contributed by atoms with Gasteiger partial charge in [0, 0.05) is 37.6 Å². The van der Waals surface area contributed by atoms with Crippen molar-refractivity contribution in [1.82, 2.24) is 14.0 Å². The first kappa shape index (κ1) is 21.2. The maximum Gasteiger partial charge on any atom is 0.330 e. The van der Waals surface area contributed by atoms with Crippen LogP contribution in [-0.4, -0.2) is 20.5 Å². The summed E-state index contributed by atoms with van der Waals surface area (Å²) in [6.45, 7) is 7.45. The number of hydrogen-bond donors (Lipinski definition) is 2. The maximum atomic E-state index is 12.8. The van der Waals surface area contributed by atoms with Gasteiger partial charge in [-0.05, 0) is 24.5 Å². The number of H-pyrrole nitrogens is 1. The topological polar surface area (TPSA) is 112 Å². The average molecular weight is 409 g/mol. The van der Waals surface area contributed by atoms with Crippen LogP contribution >= 0.6 is 0 Å². The van der Waals surface area contributed by atoms with E-state index >= 15 is 0 Å². The summed E-state index contributed by atoms with van der Waals surface area (Å²) < 4.78 is 3.33. The summed E-state index contributed by atoms with van der Waals surface area (Å²) in [5.41, 5.74) is 7.79. The van der Waals surface area contributed by atoms with Gasteiger partial charge in [0.1, 0.15) is 17.6 Å². The highest BCUT2D eigenvalue weighted by molar-refractivity contribution is 5.67. The van der Waals surface area contributed by atoms with Gasteiger partial charge in [0.05, 0.1) is 11.1 Å². The molecule has 0 radical (unpaired) electrons.